The summed E-state index contributed by atoms with van der Waals surface area (Å²) in [6.45, 7) is 1.45. The lowest BCUT2D eigenvalue weighted by atomic mass is 10.1. The first-order valence-electron chi connectivity index (χ1n) is 7.32. The number of carbonyl (C=O) groups excluding carboxylic acids is 3. The molecule has 0 aliphatic rings. The Bertz CT molecular complexity index is 754. The molecule has 0 unspecified atom stereocenters. The van der Waals surface area contributed by atoms with Crippen molar-refractivity contribution in [2.24, 2.45) is 0 Å². The molecule has 0 heterocycles. The SMILES string of the molecule is COc1ccc(NC(=O)CC(=O)Nc2cccc(C(C)=O)c2)cc1. The first-order valence-corrected chi connectivity index (χ1v) is 7.32. The quantitative estimate of drug-likeness (QED) is 0.631. The van der Waals surface area contributed by atoms with Crippen molar-refractivity contribution in [3.8, 4) is 5.75 Å². The van der Waals surface area contributed by atoms with E-state index in [1.165, 1.54) is 6.92 Å². The second-order valence-electron chi connectivity index (χ2n) is 5.14. The summed E-state index contributed by atoms with van der Waals surface area (Å²) >= 11 is 0. The second-order valence-corrected chi connectivity index (χ2v) is 5.14. The number of ether oxygens (including phenoxy) is 1. The molecule has 2 N–H and O–H groups in total. The van der Waals surface area contributed by atoms with Crippen LogP contribution in [0, 0.1) is 0 Å². The first-order chi connectivity index (χ1) is 11.5. The van der Waals surface area contributed by atoms with Gasteiger partial charge in [-0.3, -0.25) is 14.4 Å². The maximum Gasteiger partial charge on any atom is 0.233 e. The molecule has 0 bridgehead atoms. The molecule has 24 heavy (non-hydrogen) atoms. The monoisotopic (exact) mass is 326 g/mol. The van der Waals surface area contributed by atoms with Crippen molar-refractivity contribution in [2.45, 2.75) is 13.3 Å². The third kappa shape index (κ3) is 4.95. The lowest BCUT2D eigenvalue weighted by Gasteiger charge is -2.08. The molecule has 124 valence electrons. The van der Waals surface area contributed by atoms with Crippen LogP contribution >= 0.6 is 0 Å². The molecule has 6 heteroatoms. The van der Waals surface area contributed by atoms with Crippen LogP contribution in [0.1, 0.15) is 23.7 Å². The van der Waals surface area contributed by atoms with E-state index in [1.54, 1.807) is 55.6 Å². The van der Waals surface area contributed by atoms with Gasteiger partial charge in [0.1, 0.15) is 12.2 Å². The summed E-state index contributed by atoms with van der Waals surface area (Å²) in [6.07, 6.45) is -0.323. The Morgan fingerprint density at radius 3 is 2.12 bits per heavy atom. The van der Waals surface area contributed by atoms with Crippen molar-refractivity contribution < 1.29 is 19.1 Å². The highest BCUT2D eigenvalue weighted by Gasteiger charge is 2.11. The molecule has 0 saturated heterocycles. The highest BCUT2D eigenvalue weighted by Crippen LogP contribution is 2.15. The van der Waals surface area contributed by atoms with Gasteiger partial charge in [0, 0.05) is 16.9 Å². The first kappa shape index (κ1) is 17.2. The number of methoxy groups -OCH3 is 1. The van der Waals surface area contributed by atoms with Crippen LogP contribution in [0.2, 0.25) is 0 Å². The Kier molecular flexibility index (Phi) is 5.68. The maximum atomic E-state index is 11.9. The molecule has 0 aromatic heterocycles. The van der Waals surface area contributed by atoms with Gasteiger partial charge < -0.3 is 15.4 Å². The van der Waals surface area contributed by atoms with Crippen molar-refractivity contribution in [1.82, 2.24) is 0 Å². The van der Waals surface area contributed by atoms with Crippen molar-refractivity contribution in [2.75, 3.05) is 17.7 Å². The fourth-order valence-corrected chi connectivity index (χ4v) is 2.05. The van der Waals surface area contributed by atoms with Crippen LogP contribution in [0.3, 0.4) is 0 Å². The lowest BCUT2D eigenvalue weighted by Crippen LogP contribution is -2.21. The Labute approximate surface area is 139 Å². The molecule has 0 fully saturated rings. The van der Waals surface area contributed by atoms with Crippen LogP contribution in [0.5, 0.6) is 5.75 Å². The number of anilines is 2. The molecule has 2 aromatic rings. The number of benzene rings is 2. The molecule has 2 aromatic carbocycles. The van der Waals surface area contributed by atoms with Gasteiger partial charge in [0.15, 0.2) is 5.78 Å². The minimum absolute atomic E-state index is 0.0941. The van der Waals surface area contributed by atoms with E-state index < -0.39 is 11.8 Å². The van der Waals surface area contributed by atoms with Gasteiger partial charge in [-0.05, 0) is 43.3 Å². The van der Waals surface area contributed by atoms with E-state index in [0.29, 0.717) is 22.7 Å². The van der Waals surface area contributed by atoms with Crippen LogP contribution in [-0.2, 0) is 9.59 Å². The number of carbonyl (C=O) groups is 3. The van der Waals surface area contributed by atoms with Crippen LogP contribution in [0.25, 0.3) is 0 Å². The van der Waals surface area contributed by atoms with Crippen LogP contribution in [0.4, 0.5) is 11.4 Å². The number of amides is 2. The van der Waals surface area contributed by atoms with Gasteiger partial charge in [-0.1, -0.05) is 12.1 Å². The molecular weight excluding hydrogens is 308 g/mol. The van der Waals surface area contributed by atoms with E-state index in [0.717, 1.165) is 0 Å². The van der Waals surface area contributed by atoms with Crippen molar-refractivity contribution in [3.05, 3.63) is 54.1 Å². The maximum absolute atomic E-state index is 11.9. The van der Waals surface area contributed by atoms with Crippen LogP contribution in [-0.4, -0.2) is 24.7 Å². The third-order valence-corrected chi connectivity index (χ3v) is 3.25. The van der Waals surface area contributed by atoms with Gasteiger partial charge in [-0.25, -0.2) is 0 Å². The normalized spacial score (nSPS) is 9.92. The number of ketones is 1. The van der Waals surface area contributed by atoms with E-state index in [-0.39, 0.29) is 12.2 Å². The summed E-state index contributed by atoms with van der Waals surface area (Å²) in [5, 5.41) is 5.23. The fraction of sp³-hybridized carbons (Fsp3) is 0.167. The Morgan fingerprint density at radius 1 is 0.917 bits per heavy atom. The Balaban J connectivity index is 1.90. The van der Waals surface area contributed by atoms with Crippen LogP contribution < -0.4 is 15.4 Å². The van der Waals surface area contributed by atoms with Gasteiger partial charge in [-0.15, -0.1) is 0 Å². The Hall–Kier alpha value is -3.15. The van der Waals surface area contributed by atoms with E-state index in [1.807, 2.05) is 0 Å². The zero-order chi connectivity index (χ0) is 17.5. The average Bonchev–Trinajstić information content (AvgIpc) is 2.55. The minimum atomic E-state index is -0.457. The van der Waals surface area contributed by atoms with Gasteiger partial charge in [0.05, 0.1) is 7.11 Å². The second kappa shape index (κ2) is 7.92. The average molecular weight is 326 g/mol. The Morgan fingerprint density at radius 2 is 1.54 bits per heavy atom. The summed E-state index contributed by atoms with van der Waals surface area (Å²) in [7, 11) is 1.55. The number of rotatable bonds is 6. The topological polar surface area (TPSA) is 84.5 Å². The van der Waals surface area contributed by atoms with Gasteiger partial charge in [-0.2, -0.15) is 0 Å². The zero-order valence-electron chi connectivity index (χ0n) is 13.5. The number of nitrogens with one attached hydrogen (secondary N) is 2. The van der Waals surface area contributed by atoms with E-state index in [4.69, 9.17) is 4.74 Å². The fourth-order valence-electron chi connectivity index (χ4n) is 2.05. The zero-order valence-corrected chi connectivity index (χ0v) is 13.5. The van der Waals surface area contributed by atoms with Crippen molar-refractivity contribution in [3.63, 3.8) is 0 Å². The van der Waals surface area contributed by atoms with Crippen LogP contribution in [0.15, 0.2) is 48.5 Å². The summed E-state index contributed by atoms with van der Waals surface area (Å²) in [4.78, 5) is 35.1. The predicted molar refractivity (Wildman–Crippen MR) is 91.3 cm³/mol. The van der Waals surface area contributed by atoms with Gasteiger partial charge >= 0.3 is 0 Å². The molecule has 2 amide bonds. The largest absolute Gasteiger partial charge is 0.497 e. The number of hydrogen-bond acceptors (Lipinski definition) is 4. The molecular formula is C18H18N2O4. The molecule has 0 radical (unpaired) electrons. The number of hydrogen-bond donors (Lipinski definition) is 2. The molecule has 0 aliphatic heterocycles. The van der Waals surface area contributed by atoms with E-state index >= 15 is 0 Å². The molecule has 2 rings (SSSR count). The summed E-state index contributed by atoms with van der Waals surface area (Å²) < 4.78 is 5.03. The molecule has 0 atom stereocenters. The highest BCUT2D eigenvalue weighted by atomic mass is 16.5. The minimum Gasteiger partial charge on any atom is -0.497 e. The lowest BCUT2D eigenvalue weighted by molar-refractivity contribution is -0.123. The third-order valence-electron chi connectivity index (χ3n) is 3.25. The van der Waals surface area contributed by atoms with Crippen molar-refractivity contribution >= 4 is 29.0 Å². The highest BCUT2D eigenvalue weighted by molar-refractivity contribution is 6.08. The van der Waals surface area contributed by atoms with Crippen molar-refractivity contribution in [1.29, 1.82) is 0 Å². The van der Waals surface area contributed by atoms with Gasteiger partial charge in [0.25, 0.3) is 0 Å². The predicted octanol–water partition coefficient (Wildman–Crippen LogP) is 2.87. The summed E-state index contributed by atoms with van der Waals surface area (Å²) in [5.41, 5.74) is 1.55. The smallest absolute Gasteiger partial charge is 0.233 e. The summed E-state index contributed by atoms with van der Waals surface area (Å²) in [6, 6.07) is 13.4. The van der Waals surface area contributed by atoms with E-state index in [2.05, 4.69) is 10.6 Å². The number of Topliss-reactive ketones (excluding diaryl/α,β-unsaturated/α-hetero) is 1. The molecule has 0 saturated carbocycles. The van der Waals surface area contributed by atoms with E-state index in [9.17, 15) is 14.4 Å². The molecule has 0 aliphatic carbocycles. The molecule has 0 spiro atoms. The van der Waals surface area contributed by atoms with Gasteiger partial charge in [0.2, 0.25) is 11.8 Å². The summed E-state index contributed by atoms with van der Waals surface area (Å²) in [5.74, 6) is -0.304. The molecule has 6 nitrogen and oxygen atoms in total. The standard InChI is InChI=1S/C18H18N2O4/c1-12(21)13-4-3-5-15(10-13)20-18(23)11-17(22)19-14-6-8-16(24-2)9-7-14/h3-10H,11H2,1-2H3,(H,19,22)(H,20,23).